The number of rotatable bonds is 13. The molecule has 1 rings (SSSR count). The molecule has 162 valence electrons. The lowest BCUT2D eigenvalue weighted by Crippen LogP contribution is -2.39. The fraction of sp³-hybridized carbons (Fsp3) is 0.667. The Kier molecular flexibility index (Phi) is 16.2. The van der Waals surface area contributed by atoms with Crippen molar-refractivity contribution in [2.24, 2.45) is 4.99 Å². The highest BCUT2D eigenvalue weighted by Crippen LogP contribution is 2.25. The van der Waals surface area contributed by atoms with Gasteiger partial charge in [0.25, 0.3) is 0 Å². The Morgan fingerprint density at radius 2 is 1.82 bits per heavy atom. The van der Waals surface area contributed by atoms with Crippen LogP contribution in [0.1, 0.15) is 50.8 Å². The predicted molar refractivity (Wildman–Crippen MR) is 127 cm³/mol. The zero-order valence-electron chi connectivity index (χ0n) is 18.0. The molecule has 0 radical (unpaired) electrons. The van der Waals surface area contributed by atoms with Gasteiger partial charge in [0.2, 0.25) is 0 Å². The second-order valence-electron chi connectivity index (χ2n) is 6.45. The number of guanidine groups is 1. The summed E-state index contributed by atoms with van der Waals surface area (Å²) in [5.41, 5.74) is 2.32. The minimum absolute atomic E-state index is 0. The lowest BCUT2D eigenvalue weighted by molar-refractivity contribution is 0.0497. The van der Waals surface area contributed by atoms with E-state index >= 15 is 0 Å². The van der Waals surface area contributed by atoms with Crippen LogP contribution >= 0.6 is 24.0 Å². The molecule has 1 unspecified atom stereocenters. The van der Waals surface area contributed by atoms with Gasteiger partial charge < -0.3 is 24.8 Å². The first-order valence-electron chi connectivity index (χ1n) is 9.97. The molecule has 28 heavy (non-hydrogen) atoms. The molecule has 1 atom stereocenters. The van der Waals surface area contributed by atoms with Crippen molar-refractivity contribution in [1.82, 2.24) is 10.6 Å². The Morgan fingerprint density at radius 1 is 1.11 bits per heavy atom. The highest BCUT2D eigenvalue weighted by Gasteiger charge is 2.13. The van der Waals surface area contributed by atoms with Crippen molar-refractivity contribution in [1.29, 1.82) is 0 Å². The molecular formula is C21H38IN3O3. The summed E-state index contributed by atoms with van der Waals surface area (Å²) in [4.78, 5) is 4.59. The number of halogens is 1. The number of aliphatic imine (C=N–C) groups is 1. The van der Waals surface area contributed by atoms with E-state index in [1.807, 2.05) is 6.07 Å². The summed E-state index contributed by atoms with van der Waals surface area (Å²) in [5.74, 6) is 1.65. The molecule has 0 saturated heterocycles. The van der Waals surface area contributed by atoms with E-state index < -0.39 is 0 Å². The van der Waals surface area contributed by atoms with Crippen LogP contribution in [0.2, 0.25) is 0 Å². The van der Waals surface area contributed by atoms with Gasteiger partial charge in [0.05, 0.1) is 39.5 Å². The molecule has 0 fully saturated rings. The average molecular weight is 507 g/mol. The number of hydrogen-bond acceptors (Lipinski definition) is 4. The second-order valence-corrected chi connectivity index (χ2v) is 6.45. The molecule has 1 aromatic rings. The number of benzene rings is 1. The maximum atomic E-state index is 5.58. The summed E-state index contributed by atoms with van der Waals surface area (Å²) >= 11 is 0. The zero-order chi connectivity index (χ0) is 19.9. The van der Waals surface area contributed by atoms with Crippen molar-refractivity contribution >= 4 is 29.9 Å². The van der Waals surface area contributed by atoms with Crippen LogP contribution < -0.4 is 15.4 Å². The number of unbranched alkanes of at least 4 members (excludes halogenated alkanes) is 1. The largest absolute Gasteiger partial charge is 0.496 e. The predicted octanol–water partition coefficient (Wildman–Crippen LogP) is 4.07. The third-order valence-electron chi connectivity index (χ3n) is 4.07. The summed E-state index contributed by atoms with van der Waals surface area (Å²) in [5, 5.41) is 6.72. The van der Waals surface area contributed by atoms with E-state index in [0.717, 1.165) is 43.3 Å². The molecule has 7 heteroatoms. The first kappa shape index (κ1) is 26.9. The van der Waals surface area contributed by atoms with Crippen molar-refractivity contribution in [2.45, 2.75) is 46.6 Å². The molecule has 0 bridgehead atoms. The number of ether oxygens (including phenoxy) is 3. The van der Waals surface area contributed by atoms with Crippen LogP contribution in [-0.4, -0.2) is 52.6 Å². The van der Waals surface area contributed by atoms with E-state index in [0.29, 0.717) is 26.4 Å². The molecule has 0 spiro atoms. The van der Waals surface area contributed by atoms with E-state index in [2.05, 4.69) is 55.5 Å². The van der Waals surface area contributed by atoms with Crippen molar-refractivity contribution in [3.8, 4) is 5.75 Å². The van der Waals surface area contributed by atoms with Crippen LogP contribution in [-0.2, 0) is 9.47 Å². The minimum atomic E-state index is 0. The molecule has 0 aromatic heterocycles. The van der Waals surface area contributed by atoms with Gasteiger partial charge in [-0.15, -0.1) is 24.0 Å². The fourth-order valence-corrected chi connectivity index (χ4v) is 2.59. The van der Waals surface area contributed by atoms with Crippen LogP contribution in [0.15, 0.2) is 23.2 Å². The first-order chi connectivity index (χ1) is 13.1. The van der Waals surface area contributed by atoms with Crippen LogP contribution in [0.25, 0.3) is 0 Å². The number of nitrogens with zero attached hydrogens (tertiary/aromatic N) is 1. The molecule has 0 aliphatic heterocycles. The van der Waals surface area contributed by atoms with Gasteiger partial charge in [-0.3, -0.25) is 4.99 Å². The fourth-order valence-electron chi connectivity index (χ4n) is 2.59. The van der Waals surface area contributed by atoms with Gasteiger partial charge in [-0.1, -0.05) is 31.0 Å². The maximum Gasteiger partial charge on any atom is 0.191 e. The van der Waals surface area contributed by atoms with Crippen molar-refractivity contribution in [3.63, 3.8) is 0 Å². The zero-order valence-corrected chi connectivity index (χ0v) is 20.4. The van der Waals surface area contributed by atoms with Crippen LogP contribution in [0.4, 0.5) is 0 Å². The molecule has 6 nitrogen and oxygen atoms in total. The molecule has 1 aromatic carbocycles. The molecule has 0 aliphatic carbocycles. The monoisotopic (exact) mass is 507 g/mol. The molecule has 0 aliphatic rings. The SMILES string of the molecule is CCCCOCCOCCN=C(NCC)NC(C)c1cc(C)ccc1OC.I. The summed E-state index contributed by atoms with van der Waals surface area (Å²) < 4.78 is 16.5. The summed E-state index contributed by atoms with van der Waals surface area (Å²) in [6.07, 6.45) is 2.26. The van der Waals surface area contributed by atoms with Crippen molar-refractivity contribution in [3.05, 3.63) is 29.3 Å². The summed E-state index contributed by atoms with van der Waals surface area (Å²) in [7, 11) is 1.70. The van der Waals surface area contributed by atoms with Crippen LogP contribution in [0.3, 0.4) is 0 Å². The normalized spacial score (nSPS) is 12.2. The molecule has 0 heterocycles. The van der Waals surface area contributed by atoms with E-state index in [1.54, 1.807) is 7.11 Å². The Bertz CT molecular complexity index is 556. The number of methoxy groups -OCH3 is 1. The smallest absolute Gasteiger partial charge is 0.191 e. The molecule has 2 N–H and O–H groups in total. The van der Waals surface area contributed by atoms with Crippen LogP contribution in [0, 0.1) is 6.92 Å². The van der Waals surface area contributed by atoms with Gasteiger partial charge in [-0.2, -0.15) is 0 Å². The standard InChI is InChI=1S/C21H37N3O3.HI/c1-6-8-12-26-14-15-27-13-11-23-21(22-7-2)24-18(4)19-16-17(3)9-10-20(19)25-5;/h9-10,16,18H,6-8,11-15H2,1-5H3,(H2,22,23,24);1H. The van der Waals surface area contributed by atoms with Gasteiger partial charge in [0.15, 0.2) is 5.96 Å². The third kappa shape index (κ3) is 11.1. The lowest BCUT2D eigenvalue weighted by Gasteiger charge is -2.20. The Morgan fingerprint density at radius 3 is 2.46 bits per heavy atom. The van der Waals surface area contributed by atoms with Gasteiger partial charge in [0.1, 0.15) is 5.75 Å². The van der Waals surface area contributed by atoms with Crippen molar-refractivity contribution < 1.29 is 14.2 Å². The summed E-state index contributed by atoms with van der Waals surface area (Å²) in [6.45, 7) is 12.4. The number of nitrogens with one attached hydrogen (secondary N) is 2. The van der Waals surface area contributed by atoms with E-state index in [-0.39, 0.29) is 30.0 Å². The van der Waals surface area contributed by atoms with Gasteiger partial charge in [-0.05, 0) is 33.3 Å². The van der Waals surface area contributed by atoms with E-state index in [4.69, 9.17) is 14.2 Å². The van der Waals surface area contributed by atoms with E-state index in [1.165, 1.54) is 5.56 Å². The highest BCUT2D eigenvalue weighted by molar-refractivity contribution is 14.0. The third-order valence-corrected chi connectivity index (χ3v) is 4.07. The maximum absolute atomic E-state index is 5.58. The molecular weight excluding hydrogens is 469 g/mol. The quantitative estimate of drug-likeness (QED) is 0.183. The Balaban J connectivity index is 0.00000729. The highest BCUT2D eigenvalue weighted by atomic mass is 127. The van der Waals surface area contributed by atoms with Crippen molar-refractivity contribution in [2.75, 3.05) is 46.6 Å². The van der Waals surface area contributed by atoms with Gasteiger partial charge >= 0.3 is 0 Å². The average Bonchev–Trinajstić information content (AvgIpc) is 2.66. The second kappa shape index (κ2) is 16.9. The Labute approximate surface area is 187 Å². The molecule has 0 saturated carbocycles. The van der Waals surface area contributed by atoms with Crippen LogP contribution in [0.5, 0.6) is 5.75 Å². The Hall–Kier alpha value is -1.06. The van der Waals surface area contributed by atoms with Gasteiger partial charge in [0, 0.05) is 18.7 Å². The minimum Gasteiger partial charge on any atom is -0.496 e. The first-order valence-corrected chi connectivity index (χ1v) is 9.97. The lowest BCUT2D eigenvalue weighted by atomic mass is 10.0. The summed E-state index contributed by atoms with van der Waals surface area (Å²) in [6, 6.07) is 6.27. The van der Waals surface area contributed by atoms with E-state index in [9.17, 15) is 0 Å². The number of hydrogen-bond donors (Lipinski definition) is 2. The van der Waals surface area contributed by atoms with Gasteiger partial charge in [-0.25, -0.2) is 0 Å². The topological polar surface area (TPSA) is 64.1 Å². The molecule has 0 amide bonds. The number of aryl methyl sites for hydroxylation is 1.